The molecule has 0 aliphatic heterocycles. The number of esters is 1. The summed E-state index contributed by atoms with van der Waals surface area (Å²) in [6, 6.07) is 9.51. The van der Waals surface area contributed by atoms with Crippen LogP contribution in [0.2, 0.25) is 0 Å². The number of benzene rings is 1. The summed E-state index contributed by atoms with van der Waals surface area (Å²) in [5.41, 5.74) is 0.944. The van der Waals surface area contributed by atoms with E-state index in [0.29, 0.717) is 0 Å². The molecule has 1 saturated carbocycles. The highest BCUT2D eigenvalue weighted by atomic mass is 16.5. The second-order valence-corrected chi connectivity index (χ2v) is 4.58. The van der Waals surface area contributed by atoms with E-state index in [-0.39, 0.29) is 12.5 Å². The van der Waals surface area contributed by atoms with E-state index in [0.717, 1.165) is 31.2 Å². The van der Waals surface area contributed by atoms with Gasteiger partial charge in [-0.2, -0.15) is 0 Å². The average molecular weight is 234 g/mol. The first-order chi connectivity index (χ1) is 8.27. The molecule has 0 bridgehead atoms. The second kappa shape index (κ2) is 5.82. The van der Waals surface area contributed by atoms with Crippen molar-refractivity contribution in [3.63, 3.8) is 0 Å². The number of hydrogen-bond donors (Lipinski definition) is 1. The van der Waals surface area contributed by atoms with Crippen molar-refractivity contribution in [3.05, 3.63) is 35.9 Å². The number of rotatable bonds is 4. The van der Waals surface area contributed by atoms with Crippen LogP contribution in [0.25, 0.3) is 0 Å². The standard InChI is InChI=1S/C14H18O3/c15-13(12-8-4-5-9-12)14(16)17-10-11-6-2-1-3-7-11/h1-3,6-7,12-13,15H,4-5,8-10H2/t13-/m0/s1. The molecule has 1 aromatic carbocycles. The minimum absolute atomic E-state index is 0.0956. The number of ether oxygens (including phenoxy) is 1. The zero-order valence-electron chi connectivity index (χ0n) is 9.84. The highest BCUT2D eigenvalue weighted by Gasteiger charge is 2.29. The van der Waals surface area contributed by atoms with E-state index in [2.05, 4.69) is 0 Å². The molecule has 0 spiro atoms. The molecule has 92 valence electrons. The molecule has 0 unspecified atom stereocenters. The van der Waals surface area contributed by atoms with E-state index < -0.39 is 12.1 Å². The largest absolute Gasteiger partial charge is 0.459 e. The van der Waals surface area contributed by atoms with Crippen LogP contribution in [0.1, 0.15) is 31.2 Å². The van der Waals surface area contributed by atoms with E-state index in [4.69, 9.17) is 4.74 Å². The molecule has 0 saturated heterocycles. The molecular weight excluding hydrogens is 216 g/mol. The minimum Gasteiger partial charge on any atom is -0.459 e. The third kappa shape index (κ3) is 3.30. The van der Waals surface area contributed by atoms with Gasteiger partial charge in [0.25, 0.3) is 0 Å². The Bertz CT molecular complexity index is 355. The van der Waals surface area contributed by atoms with Crippen LogP contribution in [0.4, 0.5) is 0 Å². The van der Waals surface area contributed by atoms with Gasteiger partial charge in [0.05, 0.1) is 0 Å². The summed E-state index contributed by atoms with van der Waals surface area (Å²) in [6.07, 6.45) is 3.13. The van der Waals surface area contributed by atoms with Gasteiger partial charge in [-0.15, -0.1) is 0 Å². The number of carbonyl (C=O) groups excluding carboxylic acids is 1. The maximum Gasteiger partial charge on any atom is 0.335 e. The van der Waals surface area contributed by atoms with Crippen LogP contribution in [-0.4, -0.2) is 17.2 Å². The maximum atomic E-state index is 11.6. The molecule has 1 atom stereocenters. The Morgan fingerprint density at radius 1 is 1.29 bits per heavy atom. The summed E-state index contributed by atoms with van der Waals surface area (Å²) in [5.74, 6) is -0.390. The van der Waals surface area contributed by atoms with Gasteiger partial charge in [-0.25, -0.2) is 4.79 Å². The monoisotopic (exact) mass is 234 g/mol. The van der Waals surface area contributed by atoms with Crippen LogP contribution in [0.15, 0.2) is 30.3 Å². The molecule has 1 fully saturated rings. The van der Waals surface area contributed by atoms with Gasteiger partial charge in [0.15, 0.2) is 6.10 Å². The highest BCUT2D eigenvalue weighted by molar-refractivity contribution is 5.74. The summed E-state index contributed by atoms with van der Waals surface area (Å²) < 4.78 is 5.11. The number of carbonyl (C=O) groups is 1. The van der Waals surface area contributed by atoms with Crippen LogP contribution < -0.4 is 0 Å². The maximum absolute atomic E-state index is 11.6. The zero-order valence-corrected chi connectivity index (χ0v) is 9.84. The number of aliphatic hydroxyl groups is 1. The fraction of sp³-hybridized carbons (Fsp3) is 0.500. The summed E-state index contributed by atoms with van der Waals surface area (Å²) in [7, 11) is 0. The molecule has 1 aliphatic carbocycles. The molecule has 17 heavy (non-hydrogen) atoms. The van der Waals surface area contributed by atoms with E-state index in [1.54, 1.807) is 0 Å². The molecule has 2 rings (SSSR count). The predicted molar refractivity (Wildman–Crippen MR) is 64.2 cm³/mol. The van der Waals surface area contributed by atoms with Crippen molar-refractivity contribution in [2.24, 2.45) is 5.92 Å². The Hall–Kier alpha value is -1.35. The Balaban J connectivity index is 1.80. The Morgan fingerprint density at radius 3 is 2.59 bits per heavy atom. The predicted octanol–water partition coefficient (Wildman–Crippen LogP) is 2.28. The quantitative estimate of drug-likeness (QED) is 0.813. The second-order valence-electron chi connectivity index (χ2n) is 4.58. The molecule has 3 nitrogen and oxygen atoms in total. The van der Waals surface area contributed by atoms with Crippen molar-refractivity contribution in [2.75, 3.05) is 0 Å². The first-order valence-corrected chi connectivity index (χ1v) is 6.16. The van der Waals surface area contributed by atoms with Gasteiger partial charge in [0.2, 0.25) is 0 Å². The number of aliphatic hydroxyl groups excluding tert-OH is 1. The molecule has 0 heterocycles. The SMILES string of the molecule is O=C(OCc1ccccc1)[C@@H](O)C1CCCC1. The van der Waals surface area contributed by atoms with Gasteiger partial charge >= 0.3 is 5.97 Å². The van der Waals surface area contributed by atoms with Crippen LogP contribution in [-0.2, 0) is 16.1 Å². The van der Waals surface area contributed by atoms with Gasteiger partial charge in [-0.05, 0) is 24.3 Å². The van der Waals surface area contributed by atoms with Crippen molar-refractivity contribution in [1.82, 2.24) is 0 Å². The lowest BCUT2D eigenvalue weighted by atomic mass is 10.0. The molecule has 0 aromatic heterocycles. The smallest absolute Gasteiger partial charge is 0.335 e. The summed E-state index contributed by atoms with van der Waals surface area (Å²) in [5, 5.41) is 9.82. The van der Waals surface area contributed by atoms with Crippen molar-refractivity contribution in [1.29, 1.82) is 0 Å². The van der Waals surface area contributed by atoms with Crippen LogP contribution in [0, 0.1) is 5.92 Å². The lowest BCUT2D eigenvalue weighted by Crippen LogP contribution is -2.29. The molecule has 3 heteroatoms. The summed E-state index contributed by atoms with van der Waals surface area (Å²) >= 11 is 0. The molecular formula is C14H18O3. The summed E-state index contributed by atoms with van der Waals surface area (Å²) in [4.78, 5) is 11.6. The lowest BCUT2D eigenvalue weighted by Gasteiger charge is -2.16. The van der Waals surface area contributed by atoms with Crippen LogP contribution in [0.3, 0.4) is 0 Å². The van der Waals surface area contributed by atoms with Crippen LogP contribution in [0.5, 0.6) is 0 Å². The molecule has 0 amide bonds. The molecule has 1 N–H and O–H groups in total. The lowest BCUT2D eigenvalue weighted by molar-refractivity contribution is -0.157. The average Bonchev–Trinajstić information content (AvgIpc) is 2.90. The van der Waals surface area contributed by atoms with Gasteiger partial charge in [0, 0.05) is 0 Å². The van der Waals surface area contributed by atoms with E-state index >= 15 is 0 Å². The van der Waals surface area contributed by atoms with Gasteiger partial charge in [-0.3, -0.25) is 0 Å². The van der Waals surface area contributed by atoms with Crippen LogP contribution >= 0.6 is 0 Å². The molecule has 0 radical (unpaired) electrons. The molecule has 1 aromatic rings. The van der Waals surface area contributed by atoms with Crippen molar-refractivity contribution in [2.45, 2.75) is 38.4 Å². The Morgan fingerprint density at radius 2 is 1.94 bits per heavy atom. The van der Waals surface area contributed by atoms with Crippen molar-refractivity contribution >= 4 is 5.97 Å². The van der Waals surface area contributed by atoms with Gasteiger partial charge in [0.1, 0.15) is 6.61 Å². The van der Waals surface area contributed by atoms with Crippen molar-refractivity contribution < 1.29 is 14.6 Å². The molecule has 1 aliphatic rings. The fourth-order valence-electron chi connectivity index (χ4n) is 2.28. The Kier molecular flexibility index (Phi) is 4.15. The highest BCUT2D eigenvalue weighted by Crippen LogP contribution is 2.28. The fourth-order valence-corrected chi connectivity index (χ4v) is 2.28. The minimum atomic E-state index is -0.943. The summed E-state index contributed by atoms with van der Waals surface area (Å²) in [6.45, 7) is 0.240. The van der Waals surface area contributed by atoms with Gasteiger partial charge < -0.3 is 9.84 Å². The third-order valence-corrected chi connectivity index (χ3v) is 3.31. The van der Waals surface area contributed by atoms with E-state index in [1.807, 2.05) is 30.3 Å². The van der Waals surface area contributed by atoms with Crippen molar-refractivity contribution in [3.8, 4) is 0 Å². The Labute approximate surface area is 101 Å². The first kappa shape index (κ1) is 12.1. The zero-order chi connectivity index (χ0) is 12.1. The first-order valence-electron chi connectivity index (χ1n) is 6.16. The van der Waals surface area contributed by atoms with E-state index in [9.17, 15) is 9.90 Å². The topological polar surface area (TPSA) is 46.5 Å². The normalized spacial score (nSPS) is 17.9. The van der Waals surface area contributed by atoms with Gasteiger partial charge in [-0.1, -0.05) is 43.2 Å². The third-order valence-electron chi connectivity index (χ3n) is 3.31. The number of hydrogen-bond acceptors (Lipinski definition) is 3. The van der Waals surface area contributed by atoms with E-state index in [1.165, 1.54) is 0 Å².